The monoisotopic (exact) mass is 412 g/mol. The number of anilines is 2. The maximum absolute atomic E-state index is 11.5. The van der Waals surface area contributed by atoms with Gasteiger partial charge in [-0.1, -0.05) is 36.0 Å². The normalized spacial score (nSPS) is 14.3. The van der Waals surface area contributed by atoms with Crippen molar-refractivity contribution < 1.29 is 13.0 Å². The first kappa shape index (κ1) is 19.0. The predicted molar refractivity (Wildman–Crippen MR) is 112 cm³/mol. The Bertz CT molecular complexity index is 1100. The molecular weight excluding hydrogens is 392 g/mol. The zero-order valence-corrected chi connectivity index (χ0v) is 17.0. The number of benzene rings is 2. The second-order valence-electron chi connectivity index (χ2n) is 6.76. The van der Waals surface area contributed by atoms with Gasteiger partial charge in [0.2, 0.25) is 0 Å². The van der Waals surface area contributed by atoms with Gasteiger partial charge in [-0.25, -0.2) is 0 Å². The number of hydrogen-bond acceptors (Lipinski definition) is 5. The smallest absolute Gasteiger partial charge is 0.264 e. The Morgan fingerprint density at radius 1 is 1.04 bits per heavy atom. The molecule has 1 atom stereocenters. The van der Waals surface area contributed by atoms with E-state index in [-0.39, 0.29) is 18.2 Å². The maximum atomic E-state index is 11.5. The molecule has 0 saturated carbocycles. The summed E-state index contributed by atoms with van der Waals surface area (Å²) in [7, 11) is -4.09. The molecule has 0 saturated heterocycles. The average molecular weight is 413 g/mol. The van der Waals surface area contributed by atoms with Crippen LogP contribution in [0.4, 0.5) is 11.4 Å². The molecule has 0 spiro atoms. The molecule has 28 heavy (non-hydrogen) atoms. The number of fused-ring (bicyclic) bond motifs is 2. The summed E-state index contributed by atoms with van der Waals surface area (Å²) in [4.78, 5) is 8.86. The van der Waals surface area contributed by atoms with E-state index in [9.17, 15) is 13.0 Å². The van der Waals surface area contributed by atoms with E-state index in [0.717, 1.165) is 32.4 Å². The molecule has 7 heteroatoms. The third-order valence-electron chi connectivity index (χ3n) is 4.71. The van der Waals surface area contributed by atoms with Gasteiger partial charge in [-0.3, -0.25) is 9.54 Å². The van der Waals surface area contributed by atoms with Gasteiger partial charge in [0, 0.05) is 16.0 Å². The molecule has 3 aromatic rings. The molecule has 1 N–H and O–H groups in total. The van der Waals surface area contributed by atoms with Gasteiger partial charge in [-0.05, 0) is 55.3 Å². The van der Waals surface area contributed by atoms with Crippen molar-refractivity contribution in [2.75, 3.05) is 10.7 Å². The minimum absolute atomic E-state index is 0.224. The molecule has 0 aliphatic carbocycles. The zero-order chi connectivity index (χ0) is 19.7. The maximum Gasteiger partial charge on any atom is 0.264 e. The molecule has 144 valence electrons. The van der Waals surface area contributed by atoms with Gasteiger partial charge >= 0.3 is 0 Å². The lowest BCUT2D eigenvalue weighted by Crippen LogP contribution is -2.29. The highest BCUT2D eigenvalue weighted by atomic mass is 32.2. The number of aryl methyl sites for hydroxylation is 1. The van der Waals surface area contributed by atoms with Crippen LogP contribution in [0.1, 0.15) is 23.7 Å². The summed E-state index contributed by atoms with van der Waals surface area (Å²) in [5.41, 5.74) is 3.92. The molecule has 0 amide bonds. The molecule has 0 fully saturated rings. The summed E-state index contributed by atoms with van der Waals surface area (Å²) in [5.74, 6) is -0.332. The van der Waals surface area contributed by atoms with Crippen molar-refractivity contribution in [1.29, 1.82) is 0 Å². The van der Waals surface area contributed by atoms with E-state index in [1.165, 1.54) is 0 Å². The van der Waals surface area contributed by atoms with Crippen LogP contribution in [-0.4, -0.2) is 23.7 Å². The van der Waals surface area contributed by atoms with Gasteiger partial charge in [0.1, 0.15) is 0 Å². The summed E-state index contributed by atoms with van der Waals surface area (Å²) < 4.78 is 32.4. The highest BCUT2D eigenvalue weighted by Gasteiger charge is 2.31. The van der Waals surface area contributed by atoms with Crippen molar-refractivity contribution in [3.63, 3.8) is 0 Å². The average Bonchev–Trinajstić information content (AvgIpc) is 2.67. The Morgan fingerprint density at radius 3 is 2.54 bits per heavy atom. The second-order valence-corrected chi connectivity index (χ2v) is 9.41. The van der Waals surface area contributed by atoms with Gasteiger partial charge in [-0.15, -0.1) is 0 Å². The van der Waals surface area contributed by atoms with E-state index >= 15 is 0 Å². The Morgan fingerprint density at radius 2 is 1.79 bits per heavy atom. The molecule has 0 bridgehead atoms. The molecular formula is C21H20N2O3S2. The number of pyridine rings is 1. The Hall–Kier alpha value is -2.35. The van der Waals surface area contributed by atoms with E-state index in [0.29, 0.717) is 0 Å². The molecule has 1 aliphatic heterocycles. The molecule has 4 rings (SSSR count). The number of rotatable bonds is 5. The second kappa shape index (κ2) is 7.58. The van der Waals surface area contributed by atoms with Gasteiger partial charge in [0.05, 0.1) is 28.9 Å². The van der Waals surface area contributed by atoms with Crippen LogP contribution in [0.3, 0.4) is 0 Å². The third kappa shape index (κ3) is 3.92. The van der Waals surface area contributed by atoms with E-state index in [4.69, 9.17) is 0 Å². The molecule has 5 nitrogen and oxygen atoms in total. The van der Waals surface area contributed by atoms with Gasteiger partial charge in [0.25, 0.3) is 10.1 Å². The quantitative estimate of drug-likeness (QED) is 0.594. The number of nitrogens with zero attached hydrogens (tertiary/aromatic N) is 2. The van der Waals surface area contributed by atoms with E-state index in [1.54, 1.807) is 18.0 Å². The fraction of sp³-hybridized carbons (Fsp3) is 0.190. The van der Waals surface area contributed by atoms with Gasteiger partial charge in [0.15, 0.2) is 0 Å². The van der Waals surface area contributed by atoms with Crippen LogP contribution < -0.4 is 4.90 Å². The number of para-hydroxylation sites is 1. The lowest BCUT2D eigenvalue weighted by Gasteiger charge is -2.38. The van der Waals surface area contributed by atoms with Crippen LogP contribution in [0.5, 0.6) is 0 Å². The van der Waals surface area contributed by atoms with Crippen molar-refractivity contribution in [3.8, 4) is 0 Å². The van der Waals surface area contributed by atoms with Crippen molar-refractivity contribution in [3.05, 3.63) is 78.1 Å². The number of aromatic nitrogens is 1. The van der Waals surface area contributed by atoms with Crippen molar-refractivity contribution in [1.82, 2.24) is 4.98 Å². The third-order valence-corrected chi connectivity index (χ3v) is 6.59. The SMILES string of the molecule is Cc1ccc2c(c1)N(C(CCS(=O)(=O)O)c1ccccn1)c1ccccc1S2. The predicted octanol–water partition coefficient (Wildman–Crippen LogP) is 5.01. The van der Waals surface area contributed by atoms with Crippen LogP contribution in [0.25, 0.3) is 0 Å². The summed E-state index contributed by atoms with van der Waals surface area (Å²) in [6, 6.07) is 19.7. The first-order valence-corrected chi connectivity index (χ1v) is 11.4. The lowest BCUT2D eigenvalue weighted by atomic mass is 10.0. The van der Waals surface area contributed by atoms with Crippen LogP contribution >= 0.6 is 11.8 Å². The number of hydrogen-bond donors (Lipinski definition) is 1. The Balaban J connectivity index is 1.88. The lowest BCUT2D eigenvalue weighted by molar-refractivity contribution is 0.476. The Kier molecular flexibility index (Phi) is 5.14. The fourth-order valence-corrected chi connectivity index (χ4v) is 5.04. The van der Waals surface area contributed by atoms with Gasteiger partial charge in [-0.2, -0.15) is 8.42 Å². The van der Waals surface area contributed by atoms with E-state index in [1.807, 2.05) is 43.3 Å². The fourth-order valence-electron chi connectivity index (χ4n) is 3.47. The molecule has 1 aromatic heterocycles. The highest BCUT2D eigenvalue weighted by Crippen LogP contribution is 2.51. The summed E-state index contributed by atoms with van der Waals surface area (Å²) in [5, 5.41) is 0. The minimum atomic E-state index is -4.09. The summed E-state index contributed by atoms with van der Waals surface area (Å²) >= 11 is 1.70. The first-order chi connectivity index (χ1) is 13.4. The molecule has 1 aliphatic rings. The van der Waals surface area contributed by atoms with Crippen LogP contribution in [0, 0.1) is 6.92 Å². The molecule has 1 unspecified atom stereocenters. The van der Waals surface area contributed by atoms with E-state index < -0.39 is 10.1 Å². The van der Waals surface area contributed by atoms with Crippen LogP contribution in [-0.2, 0) is 10.1 Å². The summed E-state index contributed by atoms with van der Waals surface area (Å²) in [6.45, 7) is 2.04. The van der Waals surface area contributed by atoms with Crippen molar-refractivity contribution in [2.24, 2.45) is 0 Å². The molecule has 2 heterocycles. The first-order valence-electron chi connectivity index (χ1n) is 8.95. The molecule has 2 aromatic carbocycles. The topological polar surface area (TPSA) is 70.5 Å². The van der Waals surface area contributed by atoms with E-state index in [2.05, 4.69) is 34.1 Å². The minimum Gasteiger partial charge on any atom is -0.330 e. The Labute approximate surface area is 169 Å². The standard InChI is InChI=1S/C21H20N2O3S2/c1-15-9-10-21-19(14-15)23(18-7-2-3-8-20(18)27-21)17(11-13-28(24,25)26)16-6-4-5-12-22-16/h2-10,12,14,17H,11,13H2,1H3,(H,24,25,26). The zero-order valence-electron chi connectivity index (χ0n) is 15.3. The van der Waals surface area contributed by atoms with Crippen LogP contribution in [0.15, 0.2) is 76.7 Å². The van der Waals surface area contributed by atoms with Crippen LogP contribution in [0.2, 0.25) is 0 Å². The largest absolute Gasteiger partial charge is 0.330 e. The van der Waals surface area contributed by atoms with Gasteiger partial charge < -0.3 is 4.90 Å². The summed E-state index contributed by atoms with van der Waals surface area (Å²) in [6.07, 6.45) is 1.93. The van der Waals surface area contributed by atoms with Crippen molar-refractivity contribution in [2.45, 2.75) is 29.2 Å². The van der Waals surface area contributed by atoms with Crippen molar-refractivity contribution >= 4 is 33.3 Å². The molecule has 0 radical (unpaired) electrons. The highest BCUT2D eigenvalue weighted by molar-refractivity contribution is 7.99.